The number of hydrogen-bond donors (Lipinski definition) is 1. The van der Waals surface area contributed by atoms with Crippen LogP contribution in [0, 0.1) is 0 Å². The minimum atomic E-state index is -0.338. The molecule has 144 valence electrons. The van der Waals surface area contributed by atoms with Crippen LogP contribution < -0.4 is 10.5 Å². The number of carbonyl (C=O) groups excluding carboxylic acids is 1. The molecule has 9 heteroatoms. The summed E-state index contributed by atoms with van der Waals surface area (Å²) in [6.07, 6.45) is 0.475. The van der Waals surface area contributed by atoms with E-state index < -0.39 is 0 Å². The Hall–Kier alpha value is -2.77. The van der Waals surface area contributed by atoms with Gasteiger partial charge < -0.3 is 14.9 Å². The number of carbonyl (C=O) groups is 1. The smallest absolute Gasteiger partial charge is 0.293 e. The van der Waals surface area contributed by atoms with E-state index in [2.05, 4.69) is 10.1 Å². The summed E-state index contributed by atoms with van der Waals surface area (Å²) in [6.45, 7) is 1.47. The van der Waals surface area contributed by atoms with E-state index >= 15 is 0 Å². The lowest BCUT2D eigenvalue weighted by Crippen LogP contribution is -2.24. The molecule has 0 fully saturated rings. The molecule has 2 N–H and O–H groups in total. The van der Waals surface area contributed by atoms with Crippen molar-refractivity contribution in [1.82, 2.24) is 9.99 Å². The molecule has 0 aliphatic carbocycles. The summed E-state index contributed by atoms with van der Waals surface area (Å²) in [5, 5.41) is 6.96. The van der Waals surface area contributed by atoms with Crippen LogP contribution in [0.5, 0.6) is 5.75 Å². The van der Waals surface area contributed by atoms with Crippen LogP contribution in [0.3, 0.4) is 0 Å². The first-order valence-electron chi connectivity index (χ1n) is 8.44. The van der Waals surface area contributed by atoms with Crippen LogP contribution in [0.1, 0.15) is 30.5 Å². The predicted molar refractivity (Wildman–Crippen MR) is 108 cm³/mol. The molecule has 0 saturated carbocycles. The summed E-state index contributed by atoms with van der Waals surface area (Å²) in [4.78, 5) is 16.4. The number of hydrogen-bond acceptors (Lipinski definition) is 6. The Morgan fingerprint density at radius 1 is 1.32 bits per heavy atom. The number of benzene rings is 2. The molecule has 3 aromatic rings. The number of methoxy groups -OCH3 is 1. The number of fused-ring (bicyclic) bond motifs is 1. The Morgan fingerprint density at radius 3 is 2.79 bits per heavy atom. The van der Waals surface area contributed by atoms with Gasteiger partial charge in [-0.15, -0.1) is 0 Å². The average Bonchev–Trinajstić information content (AvgIpc) is 3.23. The van der Waals surface area contributed by atoms with Crippen LogP contribution >= 0.6 is 23.2 Å². The summed E-state index contributed by atoms with van der Waals surface area (Å²) in [7, 11) is 1.53. The molecule has 1 aromatic heterocycles. The summed E-state index contributed by atoms with van der Waals surface area (Å²) in [6, 6.07) is 8.52. The van der Waals surface area contributed by atoms with Gasteiger partial charge in [0.15, 0.2) is 11.3 Å². The minimum absolute atomic E-state index is 0.0465. The number of aromatic nitrogens is 1. The second-order valence-corrected chi connectivity index (χ2v) is 7.22. The fraction of sp³-hybridized carbons (Fsp3) is 0.211. The summed E-state index contributed by atoms with van der Waals surface area (Å²) >= 11 is 12.3. The predicted octanol–water partition coefficient (Wildman–Crippen LogP) is 4.42. The van der Waals surface area contributed by atoms with Gasteiger partial charge in [0.1, 0.15) is 5.52 Å². The van der Waals surface area contributed by atoms with E-state index in [1.54, 1.807) is 24.3 Å². The number of anilines is 1. The van der Waals surface area contributed by atoms with E-state index in [0.717, 1.165) is 11.1 Å². The highest BCUT2D eigenvalue weighted by atomic mass is 35.5. The van der Waals surface area contributed by atoms with Gasteiger partial charge in [0.2, 0.25) is 5.91 Å². The summed E-state index contributed by atoms with van der Waals surface area (Å²) in [5.74, 6) is 0.294. The Kier molecular flexibility index (Phi) is 4.64. The Labute approximate surface area is 170 Å². The van der Waals surface area contributed by atoms with Crippen LogP contribution in [0.4, 0.5) is 6.01 Å². The molecule has 1 unspecified atom stereocenters. The Morgan fingerprint density at radius 2 is 2.11 bits per heavy atom. The number of ether oxygens (including phenoxy) is 1. The molecular weight excluding hydrogens is 403 g/mol. The molecule has 2 aromatic carbocycles. The second kappa shape index (κ2) is 7.00. The molecule has 1 atom stereocenters. The van der Waals surface area contributed by atoms with Crippen LogP contribution in [0.25, 0.3) is 11.1 Å². The van der Waals surface area contributed by atoms with E-state index in [1.165, 1.54) is 19.0 Å². The lowest BCUT2D eigenvalue weighted by molar-refractivity contribution is -0.130. The number of halogens is 2. The van der Waals surface area contributed by atoms with Crippen molar-refractivity contribution >= 4 is 51.9 Å². The van der Waals surface area contributed by atoms with Crippen molar-refractivity contribution < 1.29 is 13.9 Å². The average molecular weight is 419 g/mol. The number of nitrogens with zero attached hydrogens (tertiary/aromatic N) is 3. The van der Waals surface area contributed by atoms with Crippen LogP contribution in [0.2, 0.25) is 10.0 Å². The normalized spacial score (nSPS) is 16.5. The first kappa shape index (κ1) is 18.6. The maximum atomic E-state index is 12.2. The number of oxazole rings is 1. The van der Waals surface area contributed by atoms with Crippen molar-refractivity contribution in [2.45, 2.75) is 19.4 Å². The number of nitrogen functional groups attached to an aromatic ring is 1. The zero-order valence-electron chi connectivity index (χ0n) is 15.1. The van der Waals surface area contributed by atoms with Crippen LogP contribution in [0.15, 0.2) is 39.9 Å². The third kappa shape index (κ3) is 3.16. The van der Waals surface area contributed by atoms with E-state index in [0.29, 0.717) is 39.0 Å². The molecule has 7 nitrogen and oxygen atoms in total. The molecule has 0 bridgehead atoms. The first-order valence-corrected chi connectivity index (χ1v) is 9.19. The van der Waals surface area contributed by atoms with Crippen molar-refractivity contribution in [3.63, 3.8) is 0 Å². The highest BCUT2D eigenvalue weighted by Gasteiger charge is 2.33. The van der Waals surface area contributed by atoms with Gasteiger partial charge in [-0.3, -0.25) is 4.79 Å². The Bertz CT molecular complexity index is 1130. The van der Waals surface area contributed by atoms with Gasteiger partial charge in [0.05, 0.1) is 23.9 Å². The largest absolute Gasteiger partial charge is 0.493 e. The summed E-state index contributed by atoms with van der Waals surface area (Å²) in [5.41, 5.74) is 8.91. The topological polar surface area (TPSA) is 94.0 Å². The molecule has 1 aliphatic heterocycles. The molecule has 1 amide bonds. The lowest BCUT2D eigenvalue weighted by Gasteiger charge is -2.21. The molecule has 28 heavy (non-hydrogen) atoms. The third-order valence-corrected chi connectivity index (χ3v) is 5.12. The van der Waals surface area contributed by atoms with Gasteiger partial charge in [0.25, 0.3) is 6.01 Å². The van der Waals surface area contributed by atoms with Crippen LogP contribution in [-0.4, -0.2) is 28.7 Å². The van der Waals surface area contributed by atoms with Gasteiger partial charge in [-0.2, -0.15) is 10.1 Å². The van der Waals surface area contributed by atoms with Gasteiger partial charge in [-0.1, -0.05) is 29.3 Å². The molecule has 0 saturated heterocycles. The first-order chi connectivity index (χ1) is 13.4. The zero-order chi connectivity index (χ0) is 20.0. The molecule has 0 spiro atoms. The van der Waals surface area contributed by atoms with Crippen LogP contribution in [-0.2, 0) is 4.79 Å². The number of nitrogens with two attached hydrogens (primary N) is 1. The number of rotatable bonds is 3. The van der Waals surface area contributed by atoms with Gasteiger partial charge in [0, 0.05) is 23.9 Å². The highest BCUT2D eigenvalue weighted by Crippen LogP contribution is 2.39. The SMILES string of the molecule is COc1cc(C2CC(c3ccc(Cl)cc3Cl)=NN2C(C)=O)cc2nc(N)oc12. The standard InChI is InChI=1S/C19H16Cl2N4O3/c1-9(26)25-16(8-14(24-25)12-4-3-11(20)7-13(12)21)10-5-15-18(17(6-10)27-2)28-19(22)23-15/h3-7,16H,8H2,1-2H3,(H2,22,23). The van der Waals surface area contributed by atoms with Crippen molar-refractivity contribution in [3.8, 4) is 5.75 Å². The van der Waals surface area contributed by atoms with Crippen molar-refractivity contribution in [2.24, 2.45) is 5.10 Å². The quantitative estimate of drug-likeness (QED) is 0.678. The van der Waals surface area contributed by atoms with Gasteiger partial charge >= 0.3 is 0 Å². The van der Waals surface area contributed by atoms with Crippen molar-refractivity contribution in [2.75, 3.05) is 12.8 Å². The van der Waals surface area contributed by atoms with E-state index in [4.69, 9.17) is 38.1 Å². The van der Waals surface area contributed by atoms with E-state index in [9.17, 15) is 4.79 Å². The fourth-order valence-electron chi connectivity index (χ4n) is 3.33. The molecule has 4 rings (SSSR count). The van der Waals surface area contributed by atoms with Gasteiger partial charge in [-0.25, -0.2) is 5.01 Å². The molecule has 2 heterocycles. The third-order valence-electron chi connectivity index (χ3n) is 4.57. The maximum Gasteiger partial charge on any atom is 0.293 e. The summed E-state index contributed by atoms with van der Waals surface area (Å²) < 4.78 is 10.8. The fourth-order valence-corrected chi connectivity index (χ4v) is 3.85. The highest BCUT2D eigenvalue weighted by molar-refractivity contribution is 6.37. The molecule has 0 radical (unpaired) electrons. The minimum Gasteiger partial charge on any atom is -0.493 e. The lowest BCUT2D eigenvalue weighted by atomic mass is 9.97. The number of hydrazone groups is 1. The number of amides is 1. The van der Waals surface area contributed by atoms with Gasteiger partial charge in [-0.05, 0) is 29.8 Å². The van der Waals surface area contributed by atoms with Crippen molar-refractivity contribution in [3.05, 3.63) is 51.5 Å². The van der Waals surface area contributed by atoms with E-state index in [1.807, 2.05) is 6.07 Å². The Balaban J connectivity index is 1.78. The molecule has 1 aliphatic rings. The zero-order valence-corrected chi connectivity index (χ0v) is 16.6. The monoisotopic (exact) mass is 418 g/mol. The van der Waals surface area contributed by atoms with Crippen molar-refractivity contribution in [1.29, 1.82) is 0 Å². The molecular formula is C19H16Cl2N4O3. The second-order valence-electron chi connectivity index (χ2n) is 6.38. The van der Waals surface area contributed by atoms with E-state index in [-0.39, 0.29) is 18.0 Å². The maximum absolute atomic E-state index is 12.2.